The fourth-order valence-electron chi connectivity index (χ4n) is 4.81. The van der Waals surface area contributed by atoms with E-state index >= 15 is 0 Å². The second kappa shape index (κ2) is 11.9. The number of nitriles is 1. The molecule has 2 amide bonds. The number of ketones is 1. The predicted octanol–water partition coefficient (Wildman–Crippen LogP) is 4.67. The van der Waals surface area contributed by atoms with Crippen molar-refractivity contribution in [1.29, 1.82) is 5.26 Å². The lowest BCUT2D eigenvalue weighted by Gasteiger charge is -2.38. The number of carbonyl (C=O) groups excluding carboxylic acids is 3. The molecule has 0 spiro atoms. The fourth-order valence-corrected chi connectivity index (χ4v) is 6.49. The zero-order chi connectivity index (χ0) is 29.1. The van der Waals surface area contributed by atoms with Gasteiger partial charge in [0.2, 0.25) is 16.9 Å². The first kappa shape index (κ1) is 28.0. The number of anilines is 3. The van der Waals surface area contributed by atoms with Crippen molar-refractivity contribution in [2.24, 2.45) is 5.73 Å². The third kappa shape index (κ3) is 5.98. The number of Topliss-reactive ketones (excluding diaryl/α,β-unsaturated/α-hetero) is 1. The van der Waals surface area contributed by atoms with Crippen LogP contribution in [-0.4, -0.2) is 33.5 Å². The minimum atomic E-state index is -0.697. The molecule has 0 fully saturated rings. The van der Waals surface area contributed by atoms with Gasteiger partial charge in [0.25, 0.3) is 0 Å². The highest BCUT2D eigenvalue weighted by Crippen LogP contribution is 2.47. The molecule has 0 bridgehead atoms. The highest BCUT2D eigenvalue weighted by Gasteiger charge is 2.41. The minimum Gasteiger partial charge on any atom is -0.384 e. The number of rotatable bonds is 7. The van der Waals surface area contributed by atoms with E-state index in [0.717, 1.165) is 0 Å². The molecule has 2 aromatic carbocycles. The van der Waals surface area contributed by atoms with Crippen LogP contribution in [-0.2, 0) is 14.4 Å². The van der Waals surface area contributed by atoms with Gasteiger partial charge in [0.15, 0.2) is 10.1 Å². The van der Waals surface area contributed by atoms with Gasteiger partial charge in [-0.15, -0.1) is 10.2 Å². The molecule has 10 nitrogen and oxygen atoms in total. The third-order valence-corrected chi connectivity index (χ3v) is 8.56. The van der Waals surface area contributed by atoms with Crippen molar-refractivity contribution in [3.8, 4) is 6.07 Å². The molecule has 1 unspecified atom stereocenters. The Kier molecular flexibility index (Phi) is 8.14. The van der Waals surface area contributed by atoms with Crippen molar-refractivity contribution < 1.29 is 18.8 Å². The van der Waals surface area contributed by atoms with Gasteiger partial charge in [-0.3, -0.25) is 19.3 Å². The Labute approximate surface area is 243 Å². The minimum absolute atomic E-state index is 0.0654. The van der Waals surface area contributed by atoms with E-state index in [-0.39, 0.29) is 34.7 Å². The number of nitrogens with two attached hydrogens (primary N) is 1. The smallest absolute Gasteiger partial charge is 0.234 e. The van der Waals surface area contributed by atoms with Crippen LogP contribution in [0.25, 0.3) is 0 Å². The molecule has 0 radical (unpaired) electrons. The molecule has 5 rings (SSSR count). The normalized spacial score (nSPS) is 16.8. The molecule has 4 N–H and O–H groups in total. The molecular formula is C28H24FN7O3S2. The average Bonchev–Trinajstić information content (AvgIpc) is 3.41. The molecule has 1 aliphatic heterocycles. The molecule has 208 valence electrons. The molecule has 0 saturated heterocycles. The highest BCUT2D eigenvalue weighted by atomic mass is 32.2. The summed E-state index contributed by atoms with van der Waals surface area (Å²) >= 11 is 2.38. The quantitative estimate of drug-likeness (QED) is 0.334. The number of amides is 2. The lowest BCUT2D eigenvalue weighted by Crippen LogP contribution is -2.38. The Morgan fingerprint density at radius 2 is 1.80 bits per heavy atom. The Hall–Kier alpha value is -4.54. The first-order valence-corrected chi connectivity index (χ1v) is 14.4. The van der Waals surface area contributed by atoms with E-state index in [4.69, 9.17) is 5.73 Å². The summed E-state index contributed by atoms with van der Waals surface area (Å²) in [5.74, 6) is -1.44. The Morgan fingerprint density at radius 1 is 1.12 bits per heavy atom. The van der Waals surface area contributed by atoms with Crippen LogP contribution in [0.15, 0.2) is 75.5 Å². The SMILES string of the molecule is CC(=O)Nc1ccc(NC(=O)CSc2nnc(N3C(N)=C(C#N)C(c4ccc(F)cc4)C4=C3CCCC4=O)s2)cc1. The third-order valence-electron chi connectivity index (χ3n) is 6.52. The number of allylic oxidation sites excluding steroid dienone is 3. The van der Waals surface area contributed by atoms with Crippen LogP contribution in [0.3, 0.4) is 0 Å². The largest absolute Gasteiger partial charge is 0.384 e. The second-order valence-electron chi connectivity index (χ2n) is 9.31. The molecule has 0 saturated carbocycles. The molecule has 2 aliphatic rings. The van der Waals surface area contributed by atoms with E-state index in [9.17, 15) is 24.0 Å². The lowest BCUT2D eigenvalue weighted by molar-refractivity contribution is -0.116. The Morgan fingerprint density at radius 3 is 2.46 bits per heavy atom. The number of aromatic nitrogens is 2. The molecule has 1 atom stereocenters. The summed E-state index contributed by atoms with van der Waals surface area (Å²) < 4.78 is 14.1. The van der Waals surface area contributed by atoms with Crippen molar-refractivity contribution in [2.75, 3.05) is 21.3 Å². The maximum Gasteiger partial charge on any atom is 0.234 e. The maximum absolute atomic E-state index is 13.6. The van der Waals surface area contributed by atoms with E-state index in [1.54, 1.807) is 41.3 Å². The van der Waals surface area contributed by atoms with Crippen molar-refractivity contribution in [3.05, 3.63) is 82.6 Å². The summed E-state index contributed by atoms with van der Waals surface area (Å²) in [5, 5.41) is 24.4. The highest BCUT2D eigenvalue weighted by molar-refractivity contribution is 8.01. The van der Waals surface area contributed by atoms with Gasteiger partial charge in [-0.25, -0.2) is 4.39 Å². The first-order chi connectivity index (χ1) is 19.7. The monoisotopic (exact) mass is 589 g/mol. The molecule has 1 aliphatic carbocycles. The van der Waals surface area contributed by atoms with Crippen LogP contribution in [0.1, 0.15) is 37.7 Å². The number of halogens is 1. The van der Waals surface area contributed by atoms with Crippen molar-refractivity contribution >= 4 is 57.2 Å². The topological polar surface area (TPSA) is 154 Å². The van der Waals surface area contributed by atoms with Gasteiger partial charge in [0, 0.05) is 36.0 Å². The molecule has 41 heavy (non-hydrogen) atoms. The van der Waals surface area contributed by atoms with Gasteiger partial charge in [-0.1, -0.05) is 35.2 Å². The molecule has 3 aromatic rings. The van der Waals surface area contributed by atoms with Gasteiger partial charge >= 0.3 is 0 Å². The number of nitrogens with zero attached hydrogens (tertiary/aromatic N) is 4. The van der Waals surface area contributed by atoms with E-state index in [0.29, 0.717) is 56.9 Å². The maximum atomic E-state index is 13.6. The zero-order valence-corrected chi connectivity index (χ0v) is 23.4. The van der Waals surface area contributed by atoms with Crippen LogP contribution in [0.2, 0.25) is 0 Å². The second-order valence-corrected chi connectivity index (χ2v) is 11.5. The summed E-state index contributed by atoms with van der Waals surface area (Å²) in [7, 11) is 0. The molecule has 1 aromatic heterocycles. The standard InChI is InChI=1S/C28H24FN7O3S2/c1-15(37)32-18-9-11-19(12-10-18)33-23(39)14-40-28-35-34-27(41-28)36-21-3-2-4-22(38)25(21)24(20(13-30)26(36)31)16-5-7-17(29)8-6-16/h5-12,24H,2-4,14,31H2,1H3,(H,32,37)(H,33,39). The van der Waals surface area contributed by atoms with Gasteiger partial charge in [0.05, 0.1) is 23.3 Å². The Balaban J connectivity index is 1.35. The Bertz CT molecular complexity index is 1630. The number of hydrogen-bond acceptors (Lipinski definition) is 10. The number of hydrogen-bond donors (Lipinski definition) is 3. The fraction of sp³-hybridized carbons (Fsp3) is 0.214. The number of carbonyl (C=O) groups is 3. The van der Waals surface area contributed by atoms with Crippen LogP contribution in [0.5, 0.6) is 0 Å². The van der Waals surface area contributed by atoms with Crippen LogP contribution < -0.4 is 21.3 Å². The summed E-state index contributed by atoms with van der Waals surface area (Å²) in [5.41, 5.74) is 9.64. The van der Waals surface area contributed by atoms with E-state index < -0.39 is 11.7 Å². The summed E-state index contributed by atoms with van der Waals surface area (Å²) in [6.45, 7) is 1.42. The average molecular weight is 590 g/mol. The van der Waals surface area contributed by atoms with E-state index in [1.807, 2.05) is 0 Å². The van der Waals surface area contributed by atoms with E-state index in [2.05, 4.69) is 26.9 Å². The van der Waals surface area contributed by atoms with Crippen molar-refractivity contribution in [2.45, 2.75) is 36.4 Å². The van der Waals surface area contributed by atoms with E-state index in [1.165, 1.54) is 42.2 Å². The van der Waals surface area contributed by atoms with Gasteiger partial charge in [-0.2, -0.15) is 5.26 Å². The first-order valence-electron chi connectivity index (χ1n) is 12.6. The summed E-state index contributed by atoms with van der Waals surface area (Å²) in [4.78, 5) is 38.5. The van der Waals surface area contributed by atoms with Crippen molar-refractivity contribution in [1.82, 2.24) is 10.2 Å². The number of nitrogens with one attached hydrogen (secondary N) is 2. The van der Waals surface area contributed by atoms with Crippen LogP contribution in [0, 0.1) is 17.1 Å². The van der Waals surface area contributed by atoms with Crippen molar-refractivity contribution in [3.63, 3.8) is 0 Å². The van der Waals surface area contributed by atoms with Crippen LogP contribution >= 0.6 is 23.1 Å². The number of benzene rings is 2. The number of thioether (sulfide) groups is 1. The van der Waals surface area contributed by atoms with Gasteiger partial charge in [-0.05, 0) is 54.8 Å². The zero-order valence-electron chi connectivity index (χ0n) is 21.8. The predicted molar refractivity (Wildman–Crippen MR) is 154 cm³/mol. The van der Waals surface area contributed by atoms with Crippen LogP contribution in [0.4, 0.5) is 20.9 Å². The van der Waals surface area contributed by atoms with Gasteiger partial charge in [0.1, 0.15) is 11.6 Å². The lowest BCUT2D eigenvalue weighted by atomic mass is 9.76. The molecular weight excluding hydrogens is 565 g/mol. The summed E-state index contributed by atoms with van der Waals surface area (Å²) in [6, 6.07) is 14.6. The van der Waals surface area contributed by atoms with Gasteiger partial charge < -0.3 is 16.4 Å². The molecule has 13 heteroatoms. The summed E-state index contributed by atoms with van der Waals surface area (Å²) in [6.07, 6.45) is 1.50. The molecule has 2 heterocycles.